The fourth-order valence-electron chi connectivity index (χ4n) is 3.81. The van der Waals surface area contributed by atoms with Crippen molar-refractivity contribution in [2.75, 3.05) is 0 Å². The molecule has 0 spiro atoms. The van der Waals surface area contributed by atoms with Crippen LogP contribution < -0.4 is 0 Å². The van der Waals surface area contributed by atoms with Crippen LogP contribution in [0.1, 0.15) is 67.2 Å². The maximum absolute atomic E-state index is 7.27. The zero-order valence-electron chi connectivity index (χ0n) is 16.2. The van der Waals surface area contributed by atoms with Crippen LogP contribution in [0.5, 0.6) is 0 Å². The van der Waals surface area contributed by atoms with Crippen molar-refractivity contribution in [1.29, 1.82) is 0 Å². The molecule has 0 heterocycles. The van der Waals surface area contributed by atoms with E-state index < -0.39 is 37.6 Å². The van der Waals surface area contributed by atoms with Crippen molar-refractivity contribution in [1.82, 2.24) is 0 Å². The van der Waals surface area contributed by atoms with E-state index in [4.69, 9.17) is 1.41 Å². The van der Waals surface area contributed by atoms with E-state index in [1.807, 2.05) is 0 Å². The normalized spacial score (nSPS) is 18.0. The van der Waals surface area contributed by atoms with Crippen LogP contribution in [0.3, 0.4) is 0 Å². The second-order valence-electron chi connectivity index (χ2n) is 8.40. The van der Waals surface area contributed by atoms with Gasteiger partial charge in [0.1, 0.15) is 0 Å². The first kappa shape index (κ1) is 22.6. The minimum absolute atomic E-state index is 0.823. The molecule has 2 atom stereocenters. The third-order valence-corrected chi connectivity index (χ3v) is 43.6. The summed E-state index contributed by atoms with van der Waals surface area (Å²) in [5, 5.41) is 0. The number of unbranched alkanes of at least 4 members (excludes halogenated alkanes) is 2. The summed E-state index contributed by atoms with van der Waals surface area (Å²) in [6.07, 6.45) is 5.46. The summed E-state index contributed by atoms with van der Waals surface area (Å²) in [5.41, 5.74) is 0. The van der Waals surface area contributed by atoms with E-state index in [1.54, 1.807) is 0 Å². The number of hydrogen-bond donors (Lipinski definition) is 0. The first-order valence-corrected chi connectivity index (χ1v) is 25.5. The molecule has 0 rings (SSSR count). The Kier molecular flexibility index (Phi) is 12.0. The van der Waals surface area contributed by atoms with Gasteiger partial charge >= 0.3 is 146 Å². The molecule has 0 saturated heterocycles. The molecule has 3 heteroatoms. The van der Waals surface area contributed by atoms with Gasteiger partial charge < -0.3 is 0 Å². The quantitative estimate of drug-likeness (QED) is 0.255. The molecule has 0 N–H and O–H groups in total. The summed E-state index contributed by atoms with van der Waals surface area (Å²) in [4.78, 5) is 5.23. The Hall–Kier alpha value is 1.56. The molecule has 0 aliphatic carbocycles. The van der Waals surface area contributed by atoms with Gasteiger partial charge in [-0.05, 0) is 0 Å². The zero-order valence-corrected chi connectivity index (χ0v) is 21.9. The molecule has 0 amide bonds. The van der Waals surface area contributed by atoms with Gasteiger partial charge in [0.25, 0.3) is 0 Å². The second-order valence-corrected chi connectivity index (χ2v) is 34.6. The molecule has 21 heavy (non-hydrogen) atoms. The van der Waals surface area contributed by atoms with Crippen LogP contribution in [-0.4, -0.2) is 37.6 Å². The Morgan fingerprint density at radius 2 is 1.05 bits per heavy atom. The summed E-state index contributed by atoms with van der Waals surface area (Å²) >= 11 is -4.65. The topological polar surface area (TPSA) is 9.23 Å². The van der Waals surface area contributed by atoms with Gasteiger partial charge in [-0.25, -0.2) is 0 Å². The van der Waals surface area contributed by atoms with Gasteiger partial charge in [-0.2, -0.15) is 0 Å². The molecule has 0 aliphatic heterocycles. The Bertz CT molecular complexity index is 242. The zero-order chi connectivity index (χ0) is 16.5. The molecule has 0 saturated carbocycles. The van der Waals surface area contributed by atoms with Crippen molar-refractivity contribution in [3.8, 4) is 0 Å². The molecule has 1 nitrogen and oxygen atoms in total. The average Bonchev–Trinajstić information content (AvgIpc) is 2.31. The number of hydrogen-bond acceptors (Lipinski definition) is 1. The molecule has 0 radical (unpaired) electrons. The summed E-state index contributed by atoms with van der Waals surface area (Å²) in [6, 6.07) is 0. The van der Waals surface area contributed by atoms with Gasteiger partial charge in [-0.15, -0.1) is 0 Å². The fourth-order valence-corrected chi connectivity index (χ4v) is 55.5. The average molecular weight is 512 g/mol. The van der Waals surface area contributed by atoms with Crippen LogP contribution in [0.15, 0.2) is 0 Å². The Morgan fingerprint density at radius 1 is 0.714 bits per heavy atom. The maximum atomic E-state index is 7.27. The van der Waals surface area contributed by atoms with E-state index in [9.17, 15) is 0 Å². The van der Waals surface area contributed by atoms with Gasteiger partial charge in [-0.1, -0.05) is 0 Å². The third-order valence-electron chi connectivity index (χ3n) is 4.29. The van der Waals surface area contributed by atoms with Crippen LogP contribution in [0.4, 0.5) is 0 Å². The van der Waals surface area contributed by atoms with Crippen molar-refractivity contribution in [2.24, 2.45) is 11.8 Å². The predicted molar refractivity (Wildman–Crippen MR) is 103 cm³/mol. The van der Waals surface area contributed by atoms with E-state index >= 15 is 0 Å². The van der Waals surface area contributed by atoms with Gasteiger partial charge in [-0.3, -0.25) is 0 Å². The molecule has 0 aliphatic rings. The van der Waals surface area contributed by atoms with E-state index in [0.29, 0.717) is 0 Å². The molecule has 2 unspecified atom stereocenters. The predicted octanol–water partition coefficient (Wildman–Crippen LogP) is 7.07. The summed E-state index contributed by atoms with van der Waals surface area (Å²) in [5.74, 6) is 1.65. The van der Waals surface area contributed by atoms with Crippen molar-refractivity contribution in [3.63, 3.8) is 0 Å². The van der Waals surface area contributed by atoms with Gasteiger partial charge in [0.15, 0.2) is 0 Å². The monoisotopic (exact) mass is 514 g/mol. The molecule has 0 fully saturated rings. The molecule has 0 aromatic rings. The first-order chi connectivity index (χ1) is 9.66. The van der Waals surface area contributed by atoms with Crippen molar-refractivity contribution >= 4 is 37.6 Å². The summed E-state index contributed by atoms with van der Waals surface area (Å²) < 4.78 is 13.1. The summed E-state index contributed by atoms with van der Waals surface area (Å²) in [7, 11) is 0. The van der Waals surface area contributed by atoms with Crippen LogP contribution in [0.25, 0.3) is 0 Å². The molecular weight excluding hydrogens is 470 g/mol. The van der Waals surface area contributed by atoms with Crippen molar-refractivity contribution in [2.45, 2.75) is 94.9 Å². The standard InChI is InChI=1S/4C4H9.2CH3.O.2Sn/c2*1-4(2)3;2*1-3-4-2;;;;;/h2*4H,1H2,2-3H3;2*1,3-4H2,2H3;2*1H3;;;. The van der Waals surface area contributed by atoms with Gasteiger partial charge in [0.05, 0.1) is 0 Å². The summed E-state index contributed by atoms with van der Waals surface area (Å²) in [6.45, 7) is 14.2. The Balaban J connectivity index is 4.99. The van der Waals surface area contributed by atoms with E-state index in [2.05, 4.69) is 51.4 Å². The number of rotatable bonds is 12. The Morgan fingerprint density at radius 3 is 1.29 bits per heavy atom. The Labute approximate surface area is 144 Å². The van der Waals surface area contributed by atoms with Crippen LogP contribution in [-0.2, 0) is 1.41 Å². The molecule has 128 valence electrons. The molecule has 0 aromatic carbocycles. The minimum atomic E-state index is -2.33. The second kappa shape index (κ2) is 11.2. The van der Waals surface area contributed by atoms with Crippen molar-refractivity contribution < 1.29 is 1.41 Å². The van der Waals surface area contributed by atoms with Gasteiger partial charge in [0, 0.05) is 0 Å². The van der Waals surface area contributed by atoms with Crippen LogP contribution in [0, 0.1) is 11.8 Å². The van der Waals surface area contributed by atoms with Crippen LogP contribution in [0.2, 0.25) is 27.6 Å². The molecule has 0 aromatic heterocycles. The van der Waals surface area contributed by atoms with E-state index in [0.717, 1.165) is 11.8 Å². The van der Waals surface area contributed by atoms with Gasteiger partial charge in [0.2, 0.25) is 0 Å². The van der Waals surface area contributed by atoms with E-state index in [-0.39, 0.29) is 0 Å². The third kappa shape index (κ3) is 10.9. The van der Waals surface area contributed by atoms with Crippen molar-refractivity contribution in [3.05, 3.63) is 0 Å². The SMILES string of the molecule is CCC[CH2][Sn]([CH3])([CH2]C(C)C)[O][Sn]([CH3])([CH2]CCC)[CH2]C(C)C. The fraction of sp³-hybridized carbons (Fsp3) is 1.00. The molecular formula is C18H42OSn2. The van der Waals surface area contributed by atoms with E-state index in [1.165, 1.54) is 43.4 Å². The molecule has 0 bridgehead atoms. The first-order valence-electron chi connectivity index (χ1n) is 9.36. The van der Waals surface area contributed by atoms with Crippen LogP contribution >= 0.6 is 0 Å².